The highest BCUT2D eigenvalue weighted by molar-refractivity contribution is 7.89. The highest BCUT2D eigenvalue weighted by Crippen LogP contribution is 2.19. The van der Waals surface area contributed by atoms with Gasteiger partial charge in [0, 0.05) is 12.0 Å². The molecule has 0 rings (SSSR count). The van der Waals surface area contributed by atoms with Crippen molar-refractivity contribution in [2.45, 2.75) is 33.1 Å². The van der Waals surface area contributed by atoms with Crippen LogP contribution in [0, 0.1) is 5.41 Å². The summed E-state index contributed by atoms with van der Waals surface area (Å²) in [4.78, 5) is 10.6. The molecular weight excluding hydrogens is 246 g/mol. The molecular formula is C10H21NO5S. The van der Waals surface area contributed by atoms with Crippen LogP contribution in [0.3, 0.4) is 0 Å². The lowest BCUT2D eigenvalue weighted by Gasteiger charge is -2.25. The average molecular weight is 267 g/mol. The van der Waals surface area contributed by atoms with Gasteiger partial charge in [-0.05, 0) is 6.42 Å². The Hall–Kier alpha value is -0.660. The summed E-state index contributed by atoms with van der Waals surface area (Å²) in [6.07, 6.45) is 1.05. The van der Waals surface area contributed by atoms with Gasteiger partial charge in [-0.1, -0.05) is 20.3 Å². The molecule has 0 heterocycles. The van der Waals surface area contributed by atoms with E-state index in [1.54, 1.807) is 0 Å². The van der Waals surface area contributed by atoms with Gasteiger partial charge >= 0.3 is 5.97 Å². The zero-order valence-electron chi connectivity index (χ0n) is 10.3. The normalized spacial score (nSPS) is 15.5. The standard InChI is InChI=1S/C10H21NO5S/c1-3-4-5-17(15,16)11-7-10(2,8-12)6-9(13)14/h11-12H,3-8H2,1-2H3,(H,13,14). The Balaban J connectivity index is 4.36. The summed E-state index contributed by atoms with van der Waals surface area (Å²) in [5.74, 6) is -1.03. The van der Waals surface area contributed by atoms with Crippen molar-refractivity contribution in [3.63, 3.8) is 0 Å². The highest BCUT2D eigenvalue weighted by Gasteiger charge is 2.28. The number of unbranched alkanes of at least 4 members (excludes halogenated alkanes) is 1. The van der Waals surface area contributed by atoms with E-state index in [2.05, 4.69) is 4.72 Å². The largest absolute Gasteiger partial charge is 0.481 e. The summed E-state index contributed by atoms with van der Waals surface area (Å²) in [5.41, 5.74) is -0.967. The van der Waals surface area contributed by atoms with Crippen LogP contribution in [-0.2, 0) is 14.8 Å². The third-order valence-corrected chi connectivity index (χ3v) is 3.86. The molecule has 0 aliphatic carbocycles. The summed E-state index contributed by atoms with van der Waals surface area (Å²) in [5, 5.41) is 17.8. The van der Waals surface area contributed by atoms with Gasteiger partial charge in [-0.25, -0.2) is 13.1 Å². The predicted molar refractivity (Wildman–Crippen MR) is 64.1 cm³/mol. The first-order valence-corrected chi connectivity index (χ1v) is 7.20. The van der Waals surface area contributed by atoms with Crippen LogP contribution in [0.1, 0.15) is 33.1 Å². The van der Waals surface area contributed by atoms with Crippen LogP contribution >= 0.6 is 0 Å². The molecule has 0 aromatic carbocycles. The van der Waals surface area contributed by atoms with Crippen LogP contribution in [0.25, 0.3) is 0 Å². The van der Waals surface area contributed by atoms with E-state index in [9.17, 15) is 13.2 Å². The van der Waals surface area contributed by atoms with Crippen molar-refractivity contribution in [3.8, 4) is 0 Å². The van der Waals surface area contributed by atoms with Crippen LogP contribution in [0.5, 0.6) is 0 Å². The summed E-state index contributed by atoms with van der Waals surface area (Å²) in [7, 11) is -3.38. The van der Waals surface area contributed by atoms with Gasteiger partial charge < -0.3 is 10.2 Å². The number of hydrogen-bond donors (Lipinski definition) is 3. The van der Waals surface area contributed by atoms with Crippen LogP contribution < -0.4 is 4.72 Å². The molecule has 0 saturated heterocycles. The van der Waals surface area contributed by atoms with Crippen molar-refractivity contribution in [1.82, 2.24) is 4.72 Å². The van der Waals surface area contributed by atoms with Crippen molar-refractivity contribution >= 4 is 16.0 Å². The van der Waals surface area contributed by atoms with E-state index in [1.165, 1.54) is 6.92 Å². The van der Waals surface area contributed by atoms with Crippen molar-refractivity contribution in [1.29, 1.82) is 0 Å². The van der Waals surface area contributed by atoms with Crippen LogP contribution in [0.4, 0.5) is 0 Å². The number of aliphatic carboxylic acids is 1. The van der Waals surface area contributed by atoms with Gasteiger partial charge in [0.2, 0.25) is 10.0 Å². The van der Waals surface area contributed by atoms with Crippen molar-refractivity contribution < 1.29 is 23.4 Å². The number of sulfonamides is 1. The second-order valence-electron chi connectivity index (χ2n) is 4.53. The maximum Gasteiger partial charge on any atom is 0.304 e. The SMILES string of the molecule is CCCCS(=O)(=O)NCC(C)(CO)CC(=O)O. The molecule has 0 radical (unpaired) electrons. The van der Waals surface area contributed by atoms with Crippen molar-refractivity contribution in [2.75, 3.05) is 18.9 Å². The molecule has 0 aromatic rings. The molecule has 17 heavy (non-hydrogen) atoms. The minimum Gasteiger partial charge on any atom is -0.481 e. The quantitative estimate of drug-likeness (QED) is 0.553. The van der Waals surface area contributed by atoms with Gasteiger partial charge in [0.05, 0.1) is 18.8 Å². The van der Waals surface area contributed by atoms with E-state index in [-0.39, 0.29) is 25.3 Å². The zero-order valence-corrected chi connectivity index (χ0v) is 11.1. The maximum atomic E-state index is 11.5. The lowest BCUT2D eigenvalue weighted by molar-refractivity contribution is -0.140. The Morgan fingerprint density at radius 2 is 2.00 bits per heavy atom. The second-order valence-corrected chi connectivity index (χ2v) is 6.46. The topological polar surface area (TPSA) is 104 Å². The Bertz CT molecular complexity index is 341. The van der Waals surface area contributed by atoms with Gasteiger partial charge in [0.25, 0.3) is 0 Å². The minimum atomic E-state index is -3.38. The summed E-state index contributed by atoms with van der Waals surface area (Å²) < 4.78 is 25.3. The number of aliphatic hydroxyl groups is 1. The van der Waals surface area contributed by atoms with Gasteiger partial charge in [0.1, 0.15) is 0 Å². The van der Waals surface area contributed by atoms with Crippen LogP contribution in [0.2, 0.25) is 0 Å². The molecule has 0 bridgehead atoms. The maximum absolute atomic E-state index is 11.5. The molecule has 0 amide bonds. The molecule has 3 N–H and O–H groups in total. The second kappa shape index (κ2) is 6.93. The van der Waals surface area contributed by atoms with Gasteiger partial charge in [0.15, 0.2) is 0 Å². The fourth-order valence-corrected chi connectivity index (χ4v) is 2.61. The number of nitrogens with one attached hydrogen (secondary N) is 1. The molecule has 102 valence electrons. The summed E-state index contributed by atoms with van der Waals surface area (Å²) >= 11 is 0. The third kappa shape index (κ3) is 7.30. The highest BCUT2D eigenvalue weighted by atomic mass is 32.2. The average Bonchev–Trinajstić information content (AvgIpc) is 2.23. The van der Waals surface area contributed by atoms with Gasteiger partial charge in [-0.15, -0.1) is 0 Å². The van der Waals surface area contributed by atoms with E-state index in [4.69, 9.17) is 10.2 Å². The first-order valence-electron chi connectivity index (χ1n) is 5.54. The third-order valence-electron chi connectivity index (χ3n) is 2.45. The molecule has 0 aromatic heterocycles. The number of carboxylic acid groups (broad SMARTS) is 1. The van der Waals surface area contributed by atoms with E-state index in [0.717, 1.165) is 6.42 Å². The molecule has 0 aliphatic rings. The smallest absolute Gasteiger partial charge is 0.304 e. The van der Waals surface area contributed by atoms with E-state index >= 15 is 0 Å². The van der Waals surface area contributed by atoms with E-state index in [0.29, 0.717) is 6.42 Å². The van der Waals surface area contributed by atoms with E-state index < -0.39 is 21.4 Å². The molecule has 1 unspecified atom stereocenters. The Morgan fingerprint density at radius 3 is 2.41 bits per heavy atom. The fourth-order valence-electron chi connectivity index (χ4n) is 1.23. The minimum absolute atomic E-state index is 0.0259. The Labute approximate surface area is 102 Å². The van der Waals surface area contributed by atoms with Crippen molar-refractivity contribution in [3.05, 3.63) is 0 Å². The molecule has 0 saturated carbocycles. The van der Waals surface area contributed by atoms with Crippen LogP contribution in [-0.4, -0.2) is 43.5 Å². The number of hydrogen-bond acceptors (Lipinski definition) is 4. The number of carboxylic acids is 1. The Morgan fingerprint density at radius 1 is 1.41 bits per heavy atom. The lowest BCUT2D eigenvalue weighted by Crippen LogP contribution is -2.40. The van der Waals surface area contributed by atoms with Gasteiger partial charge in [-0.3, -0.25) is 4.79 Å². The molecule has 6 nitrogen and oxygen atoms in total. The number of aliphatic hydroxyl groups excluding tert-OH is 1. The fraction of sp³-hybridized carbons (Fsp3) is 0.900. The van der Waals surface area contributed by atoms with Gasteiger partial charge in [-0.2, -0.15) is 0 Å². The zero-order chi connectivity index (χ0) is 13.5. The molecule has 0 aliphatic heterocycles. The Kier molecular flexibility index (Phi) is 6.66. The molecule has 0 spiro atoms. The van der Waals surface area contributed by atoms with Crippen molar-refractivity contribution in [2.24, 2.45) is 5.41 Å². The van der Waals surface area contributed by atoms with Crippen LogP contribution in [0.15, 0.2) is 0 Å². The lowest BCUT2D eigenvalue weighted by atomic mass is 9.88. The summed E-state index contributed by atoms with van der Waals surface area (Å²) in [6.45, 7) is 2.97. The molecule has 7 heteroatoms. The van der Waals surface area contributed by atoms with E-state index in [1.807, 2.05) is 6.92 Å². The molecule has 1 atom stereocenters. The number of carbonyl (C=O) groups is 1. The first kappa shape index (κ1) is 16.3. The monoisotopic (exact) mass is 267 g/mol. The molecule has 0 fully saturated rings. The predicted octanol–water partition coefficient (Wildman–Crippen LogP) is 0.179. The first-order chi connectivity index (χ1) is 7.74. The summed E-state index contributed by atoms with van der Waals surface area (Å²) in [6, 6.07) is 0. The number of rotatable bonds is 9.